The quantitative estimate of drug-likeness (QED) is 0.651. The van der Waals surface area contributed by atoms with Crippen molar-refractivity contribution in [1.82, 2.24) is 15.1 Å². The standard InChI is InChI=1S/C21H17F3N4O2S/c22-13-5-1-6-14(10-13)25-18(29)20-27-26-19(31-20)12-4-3-9-28(11-12)21(30)17-15(23)7-2-8-16(17)24/h1-2,5-8,10,12H,3-4,9,11H2,(H,25,29)/t12-/m1/s1. The van der Waals surface area contributed by atoms with Gasteiger partial charge >= 0.3 is 0 Å². The van der Waals surface area contributed by atoms with Crippen molar-refractivity contribution in [1.29, 1.82) is 0 Å². The Bertz CT molecular complexity index is 1120. The average molecular weight is 446 g/mol. The lowest BCUT2D eigenvalue weighted by atomic mass is 9.98. The molecule has 1 N–H and O–H groups in total. The molecule has 1 saturated heterocycles. The number of piperidine rings is 1. The highest BCUT2D eigenvalue weighted by Crippen LogP contribution is 2.30. The second-order valence-electron chi connectivity index (χ2n) is 7.10. The summed E-state index contributed by atoms with van der Waals surface area (Å²) in [5.41, 5.74) is -0.279. The van der Waals surface area contributed by atoms with Crippen LogP contribution in [0.2, 0.25) is 0 Å². The lowest BCUT2D eigenvalue weighted by Gasteiger charge is -2.31. The number of nitrogens with one attached hydrogen (secondary N) is 1. The van der Waals surface area contributed by atoms with E-state index in [2.05, 4.69) is 15.5 Å². The zero-order valence-corrected chi connectivity index (χ0v) is 17.0. The van der Waals surface area contributed by atoms with Crippen LogP contribution in [0.15, 0.2) is 42.5 Å². The van der Waals surface area contributed by atoms with E-state index in [0.717, 1.165) is 23.5 Å². The van der Waals surface area contributed by atoms with Crippen molar-refractivity contribution in [3.05, 3.63) is 75.5 Å². The molecule has 0 bridgehead atoms. The van der Waals surface area contributed by atoms with Gasteiger partial charge in [-0.3, -0.25) is 9.59 Å². The van der Waals surface area contributed by atoms with Crippen LogP contribution in [0.4, 0.5) is 18.9 Å². The SMILES string of the molecule is O=C(Nc1cccc(F)c1)c1nnc([C@@H]2CCCN(C(=O)c3c(F)cccc3F)C2)s1. The number of likely N-dealkylation sites (tertiary alicyclic amines) is 1. The predicted octanol–water partition coefficient (Wildman–Crippen LogP) is 4.23. The molecule has 31 heavy (non-hydrogen) atoms. The molecule has 3 aromatic rings. The van der Waals surface area contributed by atoms with Crippen molar-refractivity contribution in [3.63, 3.8) is 0 Å². The molecular formula is C21H17F3N4O2S. The number of carbonyl (C=O) groups is 2. The van der Waals surface area contributed by atoms with E-state index in [4.69, 9.17) is 0 Å². The zero-order chi connectivity index (χ0) is 22.0. The Morgan fingerprint density at radius 1 is 1.06 bits per heavy atom. The molecule has 1 aromatic heterocycles. The van der Waals surface area contributed by atoms with E-state index in [1.807, 2.05) is 0 Å². The first-order valence-electron chi connectivity index (χ1n) is 9.56. The van der Waals surface area contributed by atoms with Crippen molar-refractivity contribution in [2.75, 3.05) is 18.4 Å². The van der Waals surface area contributed by atoms with Gasteiger partial charge in [-0.05, 0) is 43.2 Å². The van der Waals surface area contributed by atoms with E-state index in [9.17, 15) is 22.8 Å². The first-order chi connectivity index (χ1) is 14.9. The summed E-state index contributed by atoms with van der Waals surface area (Å²) >= 11 is 1.07. The highest BCUT2D eigenvalue weighted by Gasteiger charge is 2.31. The second-order valence-corrected chi connectivity index (χ2v) is 8.11. The summed E-state index contributed by atoms with van der Waals surface area (Å²) in [5.74, 6) is -3.73. The maximum atomic E-state index is 14.0. The molecule has 0 saturated carbocycles. The fraction of sp³-hybridized carbons (Fsp3) is 0.238. The van der Waals surface area contributed by atoms with Gasteiger partial charge in [0.15, 0.2) is 0 Å². The van der Waals surface area contributed by atoms with Gasteiger partial charge in [-0.2, -0.15) is 0 Å². The summed E-state index contributed by atoms with van der Waals surface area (Å²) in [4.78, 5) is 26.5. The number of halogens is 3. The molecule has 2 amide bonds. The van der Waals surface area contributed by atoms with Crippen molar-refractivity contribution < 1.29 is 22.8 Å². The molecule has 4 rings (SSSR count). The highest BCUT2D eigenvalue weighted by atomic mass is 32.1. The number of rotatable bonds is 4. The average Bonchev–Trinajstić information content (AvgIpc) is 3.24. The van der Waals surface area contributed by atoms with Crippen molar-refractivity contribution >= 4 is 28.8 Å². The van der Waals surface area contributed by atoms with Gasteiger partial charge < -0.3 is 10.2 Å². The Kier molecular flexibility index (Phi) is 5.99. The van der Waals surface area contributed by atoms with Crippen molar-refractivity contribution in [2.45, 2.75) is 18.8 Å². The maximum absolute atomic E-state index is 14.0. The molecule has 1 aliphatic rings. The van der Waals surface area contributed by atoms with E-state index >= 15 is 0 Å². The monoisotopic (exact) mass is 446 g/mol. The Labute approximate surface area is 179 Å². The van der Waals surface area contributed by atoms with Crippen LogP contribution in [0, 0.1) is 17.5 Å². The molecule has 2 aromatic carbocycles. The van der Waals surface area contributed by atoms with Crippen LogP contribution in [0.3, 0.4) is 0 Å². The first kappa shape index (κ1) is 21.0. The van der Waals surface area contributed by atoms with Gasteiger partial charge in [-0.15, -0.1) is 10.2 Å². The van der Waals surface area contributed by atoms with Crippen LogP contribution >= 0.6 is 11.3 Å². The lowest BCUT2D eigenvalue weighted by molar-refractivity contribution is 0.0696. The van der Waals surface area contributed by atoms with Crippen LogP contribution < -0.4 is 5.32 Å². The molecule has 160 valence electrons. The van der Waals surface area contributed by atoms with E-state index in [0.29, 0.717) is 30.1 Å². The number of carbonyl (C=O) groups excluding carboxylic acids is 2. The minimum atomic E-state index is -0.903. The number of aromatic nitrogens is 2. The number of amides is 2. The smallest absolute Gasteiger partial charge is 0.286 e. The normalized spacial score (nSPS) is 16.2. The Hall–Kier alpha value is -3.27. The third kappa shape index (κ3) is 4.58. The summed E-state index contributed by atoms with van der Waals surface area (Å²) in [5, 5.41) is 11.2. The lowest BCUT2D eigenvalue weighted by Crippen LogP contribution is -2.39. The fourth-order valence-electron chi connectivity index (χ4n) is 3.47. The number of nitrogens with zero attached hydrogens (tertiary/aromatic N) is 3. The number of hydrogen-bond acceptors (Lipinski definition) is 5. The van der Waals surface area contributed by atoms with Gasteiger partial charge in [0.25, 0.3) is 11.8 Å². The summed E-state index contributed by atoms with van der Waals surface area (Å²) in [7, 11) is 0. The van der Waals surface area contributed by atoms with Gasteiger partial charge in [0.2, 0.25) is 5.01 Å². The molecule has 0 spiro atoms. The Balaban J connectivity index is 1.46. The van der Waals surface area contributed by atoms with E-state index in [-0.39, 0.29) is 17.5 Å². The van der Waals surface area contributed by atoms with Crippen LogP contribution in [-0.4, -0.2) is 40.0 Å². The summed E-state index contributed by atoms with van der Waals surface area (Å²) in [6.07, 6.45) is 1.32. The molecule has 10 heteroatoms. The van der Waals surface area contributed by atoms with Crippen LogP contribution in [-0.2, 0) is 0 Å². The van der Waals surface area contributed by atoms with Gasteiger partial charge in [0.05, 0.1) is 0 Å². The van der Waals surface area contributed by atoms with Gasteiger partial charge in [-0.1, -0.05) is 23.5 Å². The molecule has 6 nitrogen and oxygen atoms in total. The topological polar surface area (TPSA) is 75.2 Å². The third-order valence-electron chi connectivity index (χ3n) is 4.95. The third-order valence-corrected chi connectivity index (χ3v) is 6.04. The summed E-state index contributed by atoms with van der Waals surface area (Å²) < 4.78 is 41.3. The molecule has 0 unspecified atom stereocenters. The maximum Gasteiger partial charge on any atom is 0.286 e. The van der Waals surface area contributed by atoms with Gasteiger partial charge in [0, 0.05) is 24.7 Å². The largest absolute Gasteiger partial charge is 0.338 e. The molecule has 0 aliphatic carbocycles. The van der Waals surface area contributed by atoms with E-state index in [1.165, 1.54) is 29.2 Å². The summed E-state index contributed by atoms with van der Waals surface area (Å²) in [6, 6.07) is 8.78. The van der Waals surface area contributed by atoms with Crippen molar-refractivity contribution in [3.8, 4) is 0 Å². The van der Waals surface area contributed by atoms with E-state index in [1.54, 1.807) is 6.07 Å². The Morgan fingerprint density at radius 3 is 2.55 bits per heavy atom. The molecule has 2 heterocycles. The number of benzene rings is 2. The fourth-order valence-corrected chi connectivity index (χ4v) is 4.33. The molecule has 1 fully saturated rings. The first-order valence-corrected chi connectivity index (χ1v) is 10.4. The molecule has 1 atom stereocenters. The molecular weight excluding hydrogens is 429 g/mol. The van der Waals surface area contributed by atoms with E-state index < -0.39 is 34.8 Å². The Morgan fingerprint density at radius 2 is 1.81 bits per heavy atom. The number of hydrogen-bond donors (Lipinski definition) is 1. The minimum Gasteiger partial charge on any atom is -0.338 e. The molecule has 1 aliphatic heterocycles. The minimum absolute atomic E-state index is 0.0999. The van der Waals surface area contributed by atoms with Gasteiger partial charge in [-0.25, -0.2) is 13.2 Å². The predicted molar refractivity (Wildman–Crippen MR) is 108 cm³/mol. The zero-order valence-electron chi connectivity index (χ0n) is 16.1. The van der Waals surface area contributed by atoms with Crippen LogP contribution in [0.1, 0.15) is 43.9 Å². The summed E-state index contributed by atoms with van der Waals surface area (Å²) in [6.45, 7) is 0.585. The second kappa shape index (κ2) is 8.84. The number of anilines is 1. The van der Waals surface area contributed by atoms with Crippen LogP contribution in [0.25, 0.3) is 0 Å². The molecule has 0 radical (unpaired) electrons. The van der Waals surface area contributed by atoms with Gasteiger partial charge in [0.1, 0.15) is 28.0 Å². The highest BCUT2D eigenvalue weighted by molar-refractivity contribution is 7.13. The van der Waals surface area contributed by atoms with Crippen LogP contribution in [0.5, 0.6) is 0 Å². The van der Waals surface area contributed by atoms with Crippen molar-refractivity contribution in [2.24, 2.45) is 0 Å².